The maximum Gasteiger partial charge on any atom is 0.273 e. The first-order chi connectivity index (χ1) is 10.7. The van der Waals surface area contributed by atoms with E-state index in [0.717, 1.165) is 28.4 Å². The van der Waals surface area contributed by atoms with Crippen LogP contribution in [0, 0.1) is 0 Å². The lowest BCUT2D eigenvalue weighted by Crippen LogP contribution is -2.49. The summed E-state index contributed by atoms with van der Waals surface area (Å²) >= 11 is 4.82. The van der Waals surface area contributed by atoms with Crippen LogP contribution >= 0.6 is 52.1 Å². The number of anilines is 1. The van der Waals surface area contributed by atoms with Crippen LogP contribution in [0.5, 0.6) is 0 Å². The van der Waals surface area contributed by atoms with E-state index in [4.69, 9.17) is 5.73 Å². The van der Waals surface area contributed by atoms with Gasteiger partial charge in [-0.2, -0.15) is 0 Å². The number of pyridine rings is 1. The van der Waals surface area contributed by atoms with Crippen LogP contribution in [0.3, 0.4) is 0 Å². The Morgan fingerprint density at radius 2 is 1.96 bits per heavy atom. The summed E-state index contributed by atoms with van der Waals surface area (Å²) in [5.74, 6) is 0.925. The lowest BCUT2D eigenvalue weighted by Gasteiger charge is -2.35. The minimum atomic E-state index is -0.0145. The summed E-state index contributed by atoms with van der Waals surface area (Å²) in [4.78, 5) is 25.1. The molecule has 1 saturated heterocycles. The van der Waals surface area contributed by atoms with E-state index in [2.05, 4.69) is 30.8 Å². The maximum atomic E-state index is 12.4. The van der Waals surface area contributed by atoms with Crippen LogP contribution in [0.1, 0.15) is 15.5 Å². The number of rotatable bonds is 3. The molecule has 0 bridgehead atoms. The molecule has 2 aromatic heterocycles. The smallest absolute Gasteiger partial charge is 0.273 e. The van der Waals surface area contributed by atoms with Gasteiger partial charge in [0.05, 0.1) is 0 Å². The van der Waals surface area contributed by atoms with Crippen molar-refractivity contribution in [2.45, 2.75) is 6.54 Å². The molecule has 6 nitrogen and oxygen atoms in total. The molecule has 3 heterocycles. The second-order valence-electron chi connectivity index (χ2n) is 4.94. The Morgan fingerprint density at radius 1 is 1.25 bits per heavy atom. The highest BCUT2D eigenvalue weighted by atomic mass is 79.9. The molecule has 1 fully saturated rings. The molecule has 132 valence electrons. The number of piperazine rings is 1. The summed E-state index contributed by atoms with van der Waals surface area (Å²) in [5, 5.41) is 2.58. The molecule has 1 amide bonds. The van der Waals surface area contributed by atoms with Crippen molar-refractivity contribution in [1.82, 2.24) is 14.9 Å². The molecular formula is C14H18BrCl2N5OS. The van der Waals surface area contributed by atoms with Crippen molar-refractivity contribution < 1.29 is 4.79 Å². The Bertz CT molecular complexity index is 661. The summed E-state index contributed by atoms with van der Waals surface area (Å²) in [7, 11) is 0. The van der Waals surface area contributed by atoms with E-state index in [9.17, 15) is 4.79 Å². The number of aromatic nitrogens is 2. The van der Waals surface area contributed by atoms with E-state index in [-0.39, 0.29) is 30.7 Å². The third-order valence-electron chi connectivity index (χ3n) is 3.55. The first-order valence-electron chi connectivity index (χ1n) is 6.97. The molecule has 0 saturated carbocycles. The molecule has 0 radical (unpaired) electrons. The average Bonchev–Trinajstić information content (AvgIpc) is 3.04. The number of halogens is 3. The molecule has 0 spiro atoms. The Kier molecular flexibility index (Phi) is 8.38. The molecule has 10 heteroatoms. The van der Waals surface area contributed by atoms with Crippen molar-refractivity contribution in [3.63, 3.8) is 0 Å². The second kappa shape index (κ2) is 9.53. The van der Waals surface area contributed by atoms with Gasteiger partial charge in [0, 0.05) is 48.8 Å². The average molecular weight is 455 g/mol. The van der Waals surface area contributed by atoms with Gasteiger partial charge < -0.3 is 15.5 Å². The highest BCUT2D eigenvalue weighted by Crippen LogP contribution is 2.18. The van der Waals surface area contributed by atoms with E-state index in [1.54, 1.807) is 11.6 Å². The Balaban J connectivity index is 0.00000144. The van der Waals surface area contributed by atoms with Gasteiger partial charge >= 0.3 is 0 Å². The summed E-state index contributed by atoms with van der Waals surface area (Å²) < 4.78 is 0.962. The Labute approximate surface area is 165 Å². The van der Waals surface area contributed by atoms with Gasteiger partial charge in [-0.1, -0.05) is 0 Å². The highest BCUT2D eigenvalue weighted by molar-refractivity contribution is 9.10. The summed E-state index contributed by atoms with van der Waals surface area (Å²) in [6, 6.07) is 3.96. The first kappa shape index (κ1) is 21.1. The molecule has 0 aromatic carbocycles. The summed E-state index contributed by atoms with van der Waals surface area (Å²) in [6.45, 7) is 3.27. The normalized spacial score (nSPS) is 13.9. The molecule has 0 atom stereocenters. The molecule has 2 N–H and O–H groups in total. The molecule has 3 rings (SSSR count). The van der Waals surface area contributed by atoms with Crippen molar-refractivity contribution in [1.29, 1.82) is 0 Å². The molecule has 0 aliphatic carbocycles. The van der Waals surface area contributed by atoms with E-state index in [0.29, 0.717) is 25.3 Å². The number of carbonyl (C=O) groups excluding carboxylic acids is 1. The largest absolute Gasteiger partial charge is 0.353 e. The van der Waals surface area contributed by atoms with E-state index in [1.165, 1.54) is 11.3 Å². The zero-order valence-corrected chi connectivity index (χ0v) is 16.8. The van der Waals surface area contributed by atoms with Gasteiger partial charge in [-0.15, -0.1) is 36.2 Å². The van der Waals surface area contributed by atoms with Gasteiger partial charge in [-0.05, 0) is 28.1 Å². The van der Waals surface area contributed by atoms with Crippen molar-refractivity contribution >= 4 is 63.8 Å². The van der Waals surface area contributed by atoms with Crippen LogP contribution in [-0.4, -0.2) is 47.0 Å². The fourth-order valence-electron chi connectivity index (χ4n) is 2.36. The fraction of sp³-hybridized carbons (Fsp3) is 0.357. The number of hydrogen-bond donors (Lipinski definition) is 1. The number of nitrogens with two attached hydrogens (primary N) is 1. The van der Waals surface area contributed by atoms with Gasteiger partial charge in [0.2, 0.25) is 0 Å². The van der Waals surface area contributed by atoms with E-state index >= 15 is 0 Å². The monoisotopic (exact) mass is 453 g/mol. The van der Waals surface area contributed by atoms with Crippen LogP contribution in [0.25, 0.3) is 0 Å². The van der Waals surface area contributed by atoms with Crippen LogP contribution in [0.15, 0.2) is 28.2 Å². The quantitative estimate of drug-likeness (QED) is 0.771. The van der Waals surface area contributed by atoms with Crippen molar-refractivity contribution in [2.24, 2.45) is 5.73 Å². The van der Waals surface area contributed by atoms with Gasteiger partial charge in [-0.25, -0.2) is 9.97 Å². The number of nitrogens with zero attached hydrogens (tertiary/aromatic N) is 4. The topological polar surface area (TPSA) is 75.3 Å². The third-order valence-corrected chi connectivity index (χ3v) is 4.89. The van der Waals surface area contributed by atoms with Crippen molar-refractivity contribution in [2.75, 3.05) is 31.1 Å². The predicted octanol–water partition coefficient (Wildman–Crippen LogP) is 2.57. The number of carbonyl (C=O) groups is 1. The number of thiazole rings is 1. The maximum absolute atomic E-state index is 12.4. The zero-order valence-electron chi connectivity index (χ0n) is 12.7. The lowest BCUT2D eigenvalue weighted by molar-refractivity contribution is 0.0741. The van der Waals surface area contributed by atoms with Gasteiger partial charge in [0.1, 0.15) is 16.5 Å². The molecule has 2 aromatic rings. The highest BCUT2D eigenvalue weighted by Gasteiger charge is 2.24. The van der Waals surface area contributed by atoms with Gasteiger partial charge in [-0.3, -0.25) is 4.79 Å². The van der Waals surface area contributed by atoms with Crippen LogP contribution in [-0.2, 0) is 6.54 Å². The molecule has 1 aliphatic rings. The number of hydrogen-bond acceptors (Lipinski definition) is 6. The van der Waals surface area contributed by atoms with E-state index < -0.39 is 0 Å². The minimum absolute atomic E-state index is 0. The third kappa shape index (κ3) is 4.80. The SMILES string of the molecule is Cl.Cl.NCc1nc(C(=O)N2CCN(c3ccc(Br)cn3)CC2)cs1. The van der Waals surface area contributed by atoms with Crippen LogP contribution < -0.4 is 10.6 Å². The molecule has 24 heavy (non-hydrogen) atoms. The number of amides is 1. The standard InChI is InChI=1S/C14H16BrN5OS.2ClH/c15-10-1-2-12(17-8-10)19-3-5-20(6-4-19)14(21)11-9-22-13(7-16)18-11;;/h1-2,8-9H,3-7,16H2;2*1H. The van der Waals surface area contributed by atoms with Crippen molar-refractivity contribution in [3.05, 3.63) is 38.9 Å². The second-order valence-corrected chi connectivity index (χ2v) is 6.80. The molecule has 0 unspecified atom stereocenters. The Morgan fingerprint density at radius 3 is 2.50 bits per heavy atom. The van der Waals surface area contributed by atoms with Crippen LogP contribution in [0.2, 0.25) is 0 Å². The van der Waals surface area contributed by atoms with Crippen LogP contribution in [0.4, 0.5) is 5.82 Å². The fourth-order valence-corrected chi connectivity index (χ4v) is 3.24. The summed E-state index contributed by atoms with van der Waals surface area (Å²) in [5.41, 5.74) is 6.04. The predicted molar refractivity (Wildman–Crippen MR) is 105 cm³/mol. The minimum Gasteiger partial charge on any atom is -0.353 e. The first-order valence-corrected chi connectivity index (χ1v) is 8.65. The lowest BCUT2D eigenvalue weighted by atomic mass is 10.3. The zero-order chi connectivity index (χ0) is 15.5. The Hall–Kier alpha value is -0.930. The summed E-state index contributed by atoms with van der Waals surface area (Å²) in [6.07, 6.45) is 1.79. The van der Waals surface area contributed by atoms with Gasteiger partial charge in [0.25, 0.3) is 5.91 Å². The molecular weight excluding hydrogens is 437 g/mol. The molecule has 1 aliphatic heterocycles. The van der Waals surface area contributed by atoms with Crippen molar-refractivity contribution in [3.8, 4) is 0 Å². The van der Waals surface area contributed by atoms with Gasteiger partial charge in [0.15, 0.2) is 0 Å². The van der Waals surface area contributed by atoms with E-state index in [1.807, 2.05) is 17.0 Å².